The first-order valence-corrected chi connectivity index (χ1v) is 5.80. The van der Waals surface area contributed by atoms with Gasteiger partial charge in [-0.05, 0) is 50.2 Å². The maximum atomic E-state index is 12.1. The van der Waals surface area contributed by atoms with E-state index >= 15 is 0 Å². The molecule has 18 heavy (non-hydrogen) atoms. The van der Waals surface area contributed by atoms with Gasteiger partial charge < -0.3 is 11.1 Å². The van der Waals surface area contributed by atoms with Crippen LogP contribution in [0.1, 0.15) is 21.5 Å². The average molecular weight is 240 g/mol. The second kappa shape index (κ2) is 4.92. The van der Waals surface area contributed by atoms with Gasteiger partial charge in [0, 0.05) is 16.9 Å². The molecule has 0 heterocycles. The van der Waals surface area contributed by atoms with Gasteiger partial charge in [0.15, 0.2) is 0 Å². The molecule has 1 amide bonds. The van der Waals surface area contributed by atoms with E-state index in [1.54, 1.807) is 24.3 Å². The van der Waals surface area contributed by atoms with Crippen LogP contribution in [0, 0.1) is 13.8 Å². The molecule has 0 radical (unpaired) electrons. The normalized spacial score (nSPS) is 10.1. The van der Waals surface area contributed by atoms with Gasteiger partial charge in [0.05, 0.1) is 0 Å². The van der Waals surface area contributed by atoms with E-state index < -0.39 is 0 Å². The summed E-state index contributed by atoms with van der Waals surface area (Å²) in [5, 5.41) is 2.85. The molecule has 0 spiro atoms. The van der Waals surface area contributed by atoms with Crippen molar-refractivity contribution >= 4 is 17.3 Å². The number of anilines is 2. The molecule has 2 aromatic rings. The molecule has 3 N–H and O–H groups in total. The van der Waals surface area contributed by atoms with Crippen LogP contribution in [0.2, 0.25) is 0 Å². The Balaban J connectivity index is 2.19. The highest BCUT2D eigenvalue weighted by Gasteiger charge is 2.06. The van der Waals surface area contributed by atoms with E-state index in [9.17, 15) is 4.79 Å². The van der Waals surface area contributed by atoms with Crippen LogP contribution in [0.5, 0.6) is 0 Å². The molecule has 0 fully saturated rings. The summed E-state index contributed by atoms with van der Waals surface area (Å²) in [7, 11) is 0. The van der Waals surface area contributed by atoms with Crippen molar-refractivity contribution in [3.8, 4) is 0 Å². The summed E-state index contributed by atoms with van der Waals surface area (Å²) in [6.45, 7) is 3.96. The number of nitrogens with one attached hydrogen (secondary N) is 1. The van der Waals surface area contributed by atoms with Crippen LogP contribution in [0.25, 0.3) is 0 Å². The summed E-state index contributed by atoms with van der Waals surface area (Å²) in [6, 6.07) is 12.9. The average Bonchev–Trinajstić information content (AvgIpc) is 2.31. The molecule has 0 atom stereocenters. The molecule has 0 aliphatic heterocycles. The largest absolute Gasteiger partial charge is 0.399 e. The quantitative estimate of drug-likeness (QED) is 0.792. The van der Waals surface area contributed by atoms with Crippen LogP contribution in [0.15, 0.2) is 42.5 Å². The number of carbonyl (C=O) groups excluding carboxylic acids is 1. The van der Waals surface area contributed by atoms with E-state index in [4.69, 9.17) is 5.73 Å². The first kappa shape index (κ1) is 12.2. The van der Waals surface area contributed by atoms with E-state index in [1.165, 1.54) is 0 Å². The maximum Gasteiger partial charge on any atom is 0.255 e. The molecule has 3 nitrogen and oxygen atoms in total. The maximum absolute atomic E-state index is 12.1. The summed E-state index contributed by atoms with van der Waals surface area (Å²) in [4.78, 5) is 12.1. The second-order valence-corrected chi connectivity index (χ2v) is 4.45. The fourth-order valence-corrected chi connectivity index (χ4v) is 1.88. The van der Waals surface area contributed by atoms with Gasteiger partial charge >= 0.3 is 0 Å². The molecule has 2 rings (SSSR count). The number of nitrogen functional groups attached to an aromatic ring is 1. The van der Waals surface area contributed by atoms with Crippen molar-refractivity contribution in [2.24, 2.45) is 0 Å². The number of hydrogen-bond acceptors (Lipinski definition) is 2. The van der Waals surface area contributed by atoms with Crippen molar-refractivity contribution in [3.63, 3.8) is 0 Å². The van der Waals surface area contributed by atoms with Crippen molar-refractivity contribution in [1.82, 2.24) is 0 Å². The highest BCUT2D eigenvalue weighted by atomic mass is 16.1. The summed E-state index contributed by atoms with van der Waals surface area (Å²) >= 11 is 0. The van der Waals surface area contributed by atoms with Gasteiger partial charge in [-0.2, -0.15) is 0 Å². The minimum Gasteiger partial charge on any atom is -0.399 e. The summed E-state index contributed by atoms with van der Waals surface area (Å²) in [5.74, 6) is -0.105. The van der Waals surface area contributed by atoms with Gasteiger partial charge in [-0.15, -0.1) is 0 Å². The van der Waals surface area contributed by atoms with Crippen LogP contribution in [-0.2, 0) is 0 Å². The third-order valence-electron chi connectivity index (χ3n) is 2.65. The minimum absolute atomic E-state index is 0.105. The predicted molar refractivity (Wildman–Crippen MR) is 74.7 cm³/mol. The number of nitrogens with two attached hydrogens (primary N) is 1. The topological polar surface area (TPSA) is 55.1 Å². The van der Waals surface area contributed by atoms with Crippen LogP contribution < -0.4 is 11.1 Å². The van der Waals surface area contributed by atoms with E-state index in [0.717, 1.165) is 16.8 Å². The van der Waals surface area contributed by atoms with E-state index in [2.05, 4.69) is 5.32 Å². The lowest BCUT2D eigenvalue weighted by atomic mass is 10.1. The Morgan fingerprint density at radius 3 is 2.11 bits per heavy atom. The Hall–Kier alpha value is -2.29. The summed E-state index contributed by atoms with van der Waals surface area (Å²) in [5.41, 5.74) is 9.85. The third kappa shape index (κ3) is 2.88. The van der Waals surface area contributed by atoms with Gasteiger partial charge in [-0.25, -0.2) is 0 Å². The zero-order valence-corrected chi connectivity index (χ0v) is 10.5. The molecule has 0 aliphatic carbocycles. The first-order valence-electron chi connectivity index (χ1n) is 5.80. The van der Waals surface area contributed by atoms with Crippen molar-refractivity contribution in [2.45, 2.75) is 13.8 Å². The zero-order chi connectivity index (χ0) is 13.1. The van der Waals surface area contributed by atoms with Crippen molar-refractivity contribution in [2.75, 3.05) is 11.1 Å². The Kier molecular flexibility index (Phi) is 3.33. The number of rotatable bonds is 2. The highest BCUT2D eigenvalue weighted by molar-refractivity contribution is 6.04. The molecule has 92 valence electrons. The molecule has 2 aromatic carbocycles. The van der Waals surface area contributed by atoms with Crippen LogP contribution in [-0.4, -0.2) is 5.91 Å². The lowest BCUT2D eigenvalue weighted by Gasteiger charge is -2.07. The summed E-state index contributed by atoms with van der Waals surface area (Å²) in [6.07, 6.45) is 0. The molecular formula is C15H16N2O. The van der Waals surface area contributed by atoms with Gasteiger partial charge in [0.2, 0.25) is 0 Å². The fourth-order valence-electron chi connectivity index (χ4n) is 1.88. The van der Waals surface area contributed by atoms with Crippen molar-refractivity contribution in [3.05, 3.63) is 59.2 Å². The number of hydrogen-bond donors (Lipinski definition) is 2. The van der Waals surface area contributed by atoms with Gasteiger partial charge in [-0.1, -0.05) is 17.2 Å². The first-order chi connectivity index (χ1) is 8.54. The van der Waals surface area contributed by atoms with Crippen LogP contribution in [0.3, 0.4) is 0 Å². The predicted octanol–water partition coefficient (Wildman–Crippen LogP) is 3.14. The number of benzene rings is 2. The molecule has 3 heteroatoms. The molecule has 0 unspecified atom stereocenters. The zero-order valence-electron chi connectivity index (χ0n) is 10.5. The lowest BCUT2D eigenvalue weighted by Crippen LogP contribution is -2.12. The molecule has 0 saturated carbocycles. The fraction of sp³-hybridized carbons (Fsp3) is 0.133. The molecule has 0 saturated heterocycles. The van der Waals surface area contributed by atoms with E-state index in [-0.39, 0.29) is 5.91 Å². The van der Waals surface area contributed by atoms with Crippen LogP contribution >= 0.6 is 0 Å². The number of carbonyl (C=O) groups is 1. The Morgan fingerprint density at radius 1 is 1.00 bits per heavy atom. The monoisotopic (exact) mass is 240 g/mol. The smallest absolute Gasteiger partial charge is 0.255 e. The van der Waals surface area contributed by atoms with Crippen molar-refractivity contribution < 1.29 is 4.79 Å². The van der Waals surface area contributed by atoms with Gasteiger partial charge in [0.25, 0.3) is 5.91 Å². The number of aryl methyl sites for hydroxylation is 2. The minimum atomic E-state index is -0.105. The SMILES string of the molecule is Cc1cc(C)cc(C(=O)Nc2ccc(N)cc2)c1. The second-order valence-electron chi connectivity index (χ2n) is 4.45. The van der Waals surface area contributed by atoms with E-state index in [0.29, 0.717) is 11.3 Å². The van der Waals surface area contributed by atoms with E-state index in [1.807, 2.05) is 32.0 Å². The molecule has 0 aliphatic rings. The van der Waals surface area contributed by atoms with Crippen molar-refractivity contribution in [1.29, 1.82) is 0 Å². The third-order valence-corrected chi connectivity index (χ3v) is 2.65. The van der Waals surface area contributed by atoms with Crippen LogP contribution in [0.4, 0.5) is 11.4 Å². The standard InChI is InChI=1S/C15H16N2O/c1-10-7-11(2)9-12(8-10)15(18)17-14-5-3-13(16)4-6-14/h3-9H,16H2,1-2H3,(H,17,18). The molecule has 0 aromatic heterocycles. The Bertz CT molecular complexity index is 553. The highest BCUT2D eigenvalue weighted by Crippen LogP contribution is 2.14. The summed E-state index contributed by atoms with van der Waals surface area (Å²) < 4.78 is 0. The Morgan fingerprint density at radius 2 is 1.56 bits per heavy atom. The lowest BCUT2D eigenvalue weighted by molar-refractivity contribution is 0.102. The number of amides is 1. The van der Waals surface area contributed by atoms with Gasteiger partial charge in [0.1, 0.15) is 0 Å². The van der Waals surface area contributed by atoms with Gasteiger partial charge in [-0.3, -0.25) is 4.79 Å². The molecule has 0 bridgehead atoms. The Labute approximate surface area is 107 Å². The molecular weight excluding hydrogens is 224 g/mol.